The number of fused-ring (bicyclic) bond motifs is 1. The molecule has 0 saturated heterocycles. The molecule has 0 saturated carbocycles. The summed E-state index contributed by atoms with van der Waals surface area (Å²) in [4.78, 5) is 12.7. The van der Waals surface area contributed by atoms with E-state index in [9.17, 15) is 8.42 Å². The first-order valence-corrected chi connectivity index (χ1v) is 11.0. The Kier molecular flexibility index (Phi) is 5.46. The second kappa shape index (κ2) is 8.20. The zero-order chi connectivity index (χ0) is 21.1. The minimum atomic E-state index is -3.56. The summed E-state index contributed by atoms with van der Waals surface area (Å²) in [7, 11) is -3.56. The first kappa shape index (κ1) is 20.0. The molecule has 4 rings (SSSR count). The van der Waals surface area contributed by atoms with Gasteiger partial charge < -0.3 is 9.84 Å². The quantitative estimate of drug-likeness (QED) is 0.408. The Morgan fingerprint density at radius 2 is 1.93 bits per heavy atom. The van der Waals surface area contributed by atoms with Gasteiger partial charge in [-0.2, -0.15) is 0 Å². The van der Waals surface area contributed by atoms with E-state index in [4.69, 9.17) is 4.52 Å². The van der Waals surface area contributed by atoms with Crippen LogP contribution in [-0.4, -0.2) is 46.2 Å². The van der Waals surface area contributed by atoms with Gasteiger partial charge in [-0.05, 0) is 26.0 Å². The maximum Gasteiger partial charge on any atom is 0.217 e. The lowest BCUT2D eigenvalue weighted by Gasteiger charge is -2.09. The summed E-state index contributed by atoms with van der Waals surface area (Å²) < 4.78 is 34.3. The molecule has 156 valence electrons. The van der Waals surface area contributed by atoms with Gasteiger partial charge in [-0.25, -0.2) is 28.1 Å². The van der Waals surface area contributed by atoms with E-state index in [0.29, 0.717) is 34.8 Å². The lowest BCUT2D eigenvalue weighted by molar-refractivity contribution is 0.448. The van der Waals surface area contributed by atoms with E-state index in [2.05, 4.69) is 30.1 Å². The van der Waals surface area contributed by atoms with Gasteiger partial charge >= 0.3 is 0 Å². The van der Waals surface area contributed by atoms with Crippen LogP contribution in [0.25, 0.3) is 16.8 Å². The second-order valence-corrected chi connectivity index (χ2v) is 8.56. The smallest absolute Gasteiger partial charge is 0.217 e. The summed E-state index contributed by atoms with van der Waals surface area (Å²) in [6.07, 6.45) is 3.16. The monoisotopic (exact) mass is 427 g/mol. The van der Waals surface area contributed by atoms with Gasteiger partial charge in [0.05, 0.1) is 5.69 Å². The summed E-state index contributed by atoms with van der Waals surface area (Å²) in [6, 6.07) is 8.94. The van der Waals surface area contributed by atoms with Crippen LogP contribution in [0.4, 0.5) is 5.82 Å². The third kappa shape index (κ3) is 4.31. The van der Waals surface area contributed by atoms with Gasteiger partial charge in [0.1, 0.15) is 35.7 Å². The van der Waals surface area contributed by atoms with Crippen LogP contribution in [0.1, 0.15) is 17.1 Å². The maximum atomic E-state index is 12.4. The van der Waals surface area contributed by atoms with E-state index < -0.39 is 10.0 Å². The molecule has 3 heterocycles. The van der Waals surface area contributed by atoms with Gasteiger partial charge in [0.25, 0.3) is 0 Å². The summed E-state index contributed by atoms with van der Waals surface area (Å²) in [6.45, 7) is 4.45. The zero-order valence-electron chi connectivity index (χ0n) is 16.5. The van der Waals surface area contributed by atoms with Gasteiger partial charge in [0, 0.05) is 30.2 Å². The molecule has 30 heavy (non-hydrogen) atoms. The molecule has 1 aromatic carbocycles. The van der Waals surface area contributed by atoms with E-state index in [1.807, 2.05) is 30.5 Å². The first-order chi connectivity index (χ1) is 14.4. The lowest BCUT2D eigenvalue weighted by atomic mass is 10.2. The number of rotatable bonds is 8. The Hall–Kier alpha value is -3.31. The average Bonchev–Trinajstić information content (AvgIpc) is 3.29. The van der Waals surface area contributed by atoms with Crippen LogP contribution in [-0.2, 0) is 15.8 Å². The Balaban J connectivity index is 1.33. The van der Waals surface area contributed by atoms with Gasteiger partial charge in [0.15, 0.2) is 5.58 Å². The number of aryl methyl sites for hydroxylation is 1. The molecule has 3 aromatic heterocycles. The lowest BCUT2D eigenvalue weighted by Crippen LogP contribution is -2.30. The Bertz CT molecular complexity index is 1280. The largest absolute Gasteiger partial charge is 0.369 e. The van der Waals surface area contributed by atoms with Crippen LogP contribution in [0.3, 0.4) is 0 Å². The van der Waals surface area contributed by atoms with Gasteiger partial charge in [-0.15, -0.1) is 0 Å². The number of hydrogen-bond donors (Lipinski definition) is 2. The normalized spacial score (nSPS) is 11.8. The minimum Gasteiger partial charge on any atom is -0.369 e. The van der Waals surface area contributed by atoms with Crippen LogP contribution < -0.4 is 10.0 Å². The molecule has 0 unspecified atom stereocenters. The molecule has 4 aromatic rings. The molecule has 0 aliphatic heterocycles. The molecule has 0 atom stereocenters. The number of nitrogens with one attached hydrogen (secondary N) is 2. The molecule has 0 spiro atoms. The van der Waals surface area contributed by atoms with Crippen molar-refractivity contribution in [1.29, 1.82) is 0 Å². The number of para-hydroxylation sites is 1. The predicted molar refractivity (Wildman–Crippen MR) is 112 cm³/mol. The molecule has 0 amide bonds. The number of aromatic nitrogens is 5. The third-order valence-electron chi connectivity index (χ3n) is 4.68. The second-order valence-electron chi connectivity index (χ2n) is 6.75. The number of sulfonamides is 1. The molecule has 0 fully saturated rings. The molecule has 10 nitrogen and oxygen atoms in total. The van der Waals surface area contributed by atoms with E-state index in [1.165, 1.54) is 6.33 Å². The summed E-state index contributed by atoms with van der Waals surface area (Å²) >= 11 is 0. The Labute approximate surface area is 173 Å². The molecule has 2 N–H and O–H groups in total. The third-order valence-corrected chi connectivity index (χ3v) is 5.98. The SMILES string of the molecule is Cc1ncn(-c2cc(NCCNS(=O)(=O)Cc3noc4ccccc34)ncn2)c1C. The van der Waals surface area contributed by atoms with Crippen LogP contribution >= 0.6 is 0 Å². The van der Waals surface area contributed by atoms with Crippen molar-refractivity contribution in [2.45, 2.75) is 19.6 Å². The van der Waals surface area contributed by atoms with Crippen LogP contribution in [0.2, 0.25) is 0 Å². The fourth-order valence-corrected chi connectivity index (χ4v) is 4.06. The van der Waals surface area contributed by atoms with Gasteiger partial charge in [-0.1, -0.05) is 17.3 Å². The van der Waals surface area contributed by atoms with E-state index in [0.717, 1.165) is 11.4 Å². The number of imidazole rings is 1. The highest BCUT2D eigenvalue weighted by molar-refractivity contribution is 7.88. The van der Waals surface area contributed by atoms with Crippen molar-refractivity contribution in [2.75, 3.05) is 18.4 Å². The molecule has 11 heteroatoms. The summed E-state index contributed by atoms with van der Waals surface area (Å²) in [5.74, 6) is 1.03. The summed E-state index contributed by atoms with van der Waals surface area (Å²) in [5, 5.41) is 7.66. The predicted octanol–water partition coefficient (Wildman–Crippen LogP) is 1.95. The number of benzene rings is 1. The van der Waals surface area contributed by atoms with E-state index in [1.54, 1.807) is 24.5 Å². The Morgan fingerprint density at radius 3 is 2.73 bits per heavy atom. The van der Waals surface area contributed by atoms with Gasteiger partial charge in [0.2, 0.25) is 10.0 Å². The highest BCUT2D eigenvalue weighted by atomic mass is 32.2. The number of nitrogens with zero attached hydrogens (tertiary/aromatic N) is 5. The first-order valence-electron chi connectivity index (χ1n) is 9.30. The van der Waals surface area contributed by atoms with Crippen LogP contribution in [0.15, 0.2) is 47.5 Å². The highest BCUT2D eigenvalue weighted by Gasteiger charge is 2.17. The fourth-order valence-electron chi connectivity index (χ4n) is 2.98. The zero-order valence-corrected chi connectivity index (χ0v) is 17.3. The topological polar surface area (TPSA) is 128 Å². The molecular formula is C19H21N7O3S. The highest BCUT2D eigenvalue weighted by Crippen LogP contribution is 2.19. The van der Waals surface area contributed by atoms with Crippen LogP contribution in [0, 0.1) is 13.8 Å². The van der Waals surface area contributed by atoms with E-state index >= 15 is 0 Å². The molecule has 0 bridgehead atoms. The molecular weight excluding hydrogens is 406 g/mol. The van der Waals surface area contributed by atoms with Gasteiger partial charge in [-0.3, -0.25) is 4.57 Å². The van der Waals surface area contributed by atoms with Crippen molar-refractivity contribution in [3.05, 3.63) is 60.1 Å². The van der Waals surface area contributed by atoms with Crippen LogP contribution in [0.5, 0.6) is 0 Å². The van der Waals surface area contributed by atoms with Crippen molar-refractivity contribution in [3.63, 3.8) is 0 Å². The standard InChI is InChI=1S/C19H21N7O3S/c1-13-14(2)26(12-23-13)19-9-18(21-11-22-19)20-7-8-24-30(27,28)10-16-15-5-3-4-6-17(15)29-25-16/h3-6,9,11-12,24H,7-8,10H2,1-2H3,(H,20,21,22). The minimum absolute atomic E-state index is 0.195. The van der Waals surface area contributed by atoms with E-state index in [-0.39, 0.29) is 12.3 Å². The Morgan fingerprint density at radius 1 is 1.10 bits per heavy atom. The number of hydrogen-bond acceptors (Lipinski definition) is 8. The molecule has 0 radical (unpaired) electrons. The van der Waals surface area contributed by atoms with Crippen molar-refractivity contribution in [3.8, 4) is 5.82 Å². The molecule has 0 aliphatic rings. The fraction of sp³-hybridized carbons (Fsp3) is 0.263. The maximum absolute atomic E-state index is 12.4. The van der Waals surface area contributed by atoms with Crippen molar-refractivity contribution < 1.29 is 12.9 Å². The van der Waals surface area contributed by atoms with Crippen molar-refractivity contribution in [2.24, 2.45) is 0 Å². The molecule has 0 aliphatic carbocycles. The summed E-state index contributed by atoms with van der Waals surface area (Å²) in [5.41, 5.74) is 2.87. The number of anilines is 1. The average molecular weight is 427 g/mol. The van der Waals surface area contributed by atoms with Crippen molar-refractivity contribution >= 4 is 26.8 Å². The van der Waals surface area contributed by atoms with Crippen molar-refractivity contribution in [1.82, 2.24) is 29.4 Å².